The van der Waals surface area contributed by atoms with Crippen molar-refractivity contribution in [3.63, 3.8) is 0 Å². The van der Waals surface area contributed by atoms with Crippen LogP contribution in [0, 0.1) is 6.92 Å². The number of pyridine rings is 1. The Morgan fingerprint density at radius 3 is 2.53 bits per heavy atom. The predicted molar refractivity (Wildman–Crippen MR) is 61.8 cm³/mol. The number of hydrogen-bond acceptors (Lipinski definition) is 4. The summed E-state index contributed by atoms with van der Waals surface area (Å²) < 4.78 is 23.2. The van der Waals surface area contributed by atoms with Gasteiger partial charge in [-0.3, -0.25) is 0 Å². The maximum atomic E-state index is 11.2. The van der Waals surface area contributed by atoms with E-state index in [1.807, 2.05) is 19.9 Å². The first kappa shape index (κ1) is 12.7. The van der Waals surface area contributed by atoms with Crippen LogP contribution in [0.15, 0.2) is 12.3 Å². The molecule has 0 aliphatic rings. The van der Waals surface area contributed by atoms with Crippen LogP contribution >= 0.6 is 0 Å². The summed E-state index contributed by atoms with van der Waals surface area (Å²) in [5.74, 6) is 0. The molecule has 83 valence electrons. The van der Waals surface area contributed by atoms with Crippen molar-refractivity contribution in [2.24, 2.45) is 5.73 Å². The molecule has 1 rings (SSSR count). The summed E-state index contributed by atoms with van der Waals surface area (Å²) in [4.78, 5) is 4.16. The van der Waals surface area contributed by atoms with E-state index in [9.17, 15) is 8.42 Å². The molecule has 6 heteroatoms. The van der Waals surface area contributed by atoms with Crippen molar-refractivity contribution in [1.82, 2.24) is 4.98 Å². The van der Waals surface area contributed by atoms with Crippen molar-refractivity contribution in [1.29, 1.82) is 0 Å². The molecule has 1 radical (unpaired) electrons. The number of nitrogens with zero attached hydrogens (tertiary/aromatic N) is 1. The molecule has 1 aromatic rings. The summed E-state index contributed by atoms with van der Waals surface area (Å²) >= 11 is -0.849. The Bertz CT molecular complexity index is 457. The van der Waals surface area contributed by atoms with E-state index in [1.54, 1.807) is 6.20 Å². The van der Waals surface area contributed by atoms with Crippen LogP contribution < -0.4 is 10.1 Å². The van der Waals surface area contributed by atoms with Gasteiger partial charge in [0.05, 0.1) is 0 Å². The van der Waals surface area contributed by atoms with Crippen LogP contribution in [-0.2, 0) is 8.10 Å². The van der Waals surface area contributed by atoms with Crippen molar-refractivity contribution in [2.45, 2.75) is 19.9 Å². The van der Waals surface area contributed by atoms with E-state index in [2.05, 4.69) is 4.98 Å². The Morgan fingerprint density at radius 1 is 1.53 bits per heavy atom. The second kappa shape index (κ2) is 4.64. The van der Waals surface area contributed by atoms with Crippen LogP contribution in [-0.4, -0.2) is 34.3 Å². The topological polar surface area (TPSA) is 73.0 Å². The fourth-order valence-corrected chi connectivity index (χ4v) is 5.35. The van der Waals surface area contributed by atoms with E-state index in [1.165, 1.54) is 6.26 Å². The summed E-state index contributed by atoms with van der Waals surface area (Å²) in [5, 5.41) is 0. The van der Waals surface area contributed by atoms with Crippen LogP contribution in [0.25, 0.3) is 0 Å². The Hall–Kier alpha value is -0.382. The van der Waals surface area contributed by atoms with Gasteiger partial charge in [-0.25, -0.2) is 0 Å². The van der Waals surface area contributed by atoms with E-state index in [-0.39, 0.29) is 6.04 Å². The summed E-state index contributed by atoms with van der Waals surface area (Å²) in [6, 6.07) is 1.74. The van der Waals surface area contributed by atoms with Gasteiger partial charge in [0.25, 0.3) is 0 Å². The summed E-state index contributed by atoms with van der Waals surface area (Å²) in [5.41, 5.74) is 7.44. The van der Waals surface area contributed by atoms with Gasteiger partial charge >= 0.3 is 95.8 Å². The van der Waals surface area contributed by atoms with Crippen LogP contribution in [0.5, 0.6) is 0 Å². The van der Waals surface area contributed by atoms with Gasteiger partial charge in [-0.2, -0.15) is 0 Å². The third-order valence-electron chi connectivity index (χ3n) is 1.84. The first-order chi connectivity index (χ1) is 6.79. The fraction of sp³-hybridized carbons (Fsp3) is 0.444. The number of aromatic nitrogens is 1. The zero-order valence-corrected chi connectivity index (χ0v) is 11.6. The summed E-state index contributed by atoms with van der Waals surface area (Å²) in [7, 11) is -2.91. The second-order valence-corrected chi connectivity index (χ2v) is 11.5. The van der Waals surface area contributed by atoms with Gasteiger partial charge < -0.3 is 0 Å². The van der Waals surface area contributed by atoms with Crippen molar-refractivity contribution in [2.75, 3.05) is 6.26 Å². The molecule has 0 unspecified atom stereocenters. The van der Waals surface area contributed by atoms with Gasteiger partial charge in [-0.15, -0.1) is 0 Å². The summed E-state index contributed by atoms with van der Waals surface area (Å²) in [6.07, 6.45) is 2.89. The molecule has 1 heterocycles. The fourth-order valence-electron chi connectivity index (χ4n) is 1.09. The van der Waals surface area contributed by atoms with E-state index < -0.39 is 22.7 Å². The zero-order chi connectivity index (χ0) is 11.6. The summed E-state index contributed by atoms with van der Waals surface area (Å²) in [6.45, 7) is 3.75. The molecule has 1 aromatic heterocycles. The van der Waals surface area contributed by atoms with Crippen molar-refractivity contribution >= 4 is 27.0 Å². The molecule has 0 saturated heterocycles. The molecule has 2 N–H and O–H groups in total. The van der Waals surface area contributed by atoms with E-state index in [0.29, 0.717) is 0 Å². The van der Waals surface area contributed by atoms with Gasteiger partial charge in [-0.05, 0) is 0 Å². The molecule has 1 atom stereocenters. The van der Waals surface area contributed by atoms with E-state index >= 15 is 0 Å². The molecule has 0 aromatic carbocycles. The van der Waals surface area contributed by atoms with Gasteiger partial charge in [0.1, 0.15) is 0 Å². The van der Waals surface area contributed by atoms with Crippen LogP contribution in [0.3, 0.4) is 0 Å². The Balaban J connectivity index is 3.04. The van der Waals surface area contributed by atoms with Crippen LogP contribution in [0.4, 0.5) is 0 Å². The number of hydrogen-bond donors (Lipinski definition) is 1. The minimum absolute atomic E-state index is 0.118. The molecule has 4 nitrogen and oxygen atoms in total. The average Bonchev–Trinajstić information content (AvgIpc) is 2.05. The SMILES string of the molecule is Cc1cc([C@@H](C)N)ncc1[As]S(C)(=O)=O. The maximum absolute atomic E-state index is 11.2. The van der Waals surface area contributed by atoms with Gasteiger partial charge in [0.15, 0.2) is 0 Å². The third-order valence-corrected chi connectivity index (χ3v) is 6.67. The Morgan fingerprint density at radius 2 is 2.13 bits per heavy atom. The first-order valence-corrected chi connectivity index (χ1v) is 9.53. The quantitative estimate of drug-likeness (QED) is 0.775. The third kappa shape index (κ3) is 3.93. The van der Waals surface area contributed by atoms with Gasteiger partial charge in [0, 0.05) is 0 Å². The van der Waals surface area contributed by atoms with E-state index in [4.69, 9.17) is 5.73 Å². The molecule has 0 spiro atoms. The molecule has 0 amide bonds. The number of nitrogens with two attached hydrogens (primary N) is 1. The van der Waals surface area contributed by atoms with E-state index in [0.717, 1.165) is 15.6 Å². The molecular weight excluding hydrogens is 275 g/mol. The molecule has 0 aliphatic heterocycles. The van der Waals surface area contributed by atoms with Gasteiger partial charge in [-0.1, -0.05) is 0 Å². The van der Waals surface area contributed by atoms with Crippen molar-refractivity contribution in [3.05, 3.63) is 23.5 Å². The zero-order valence-electron chi connectivity index (χ0n) is 8.93. The molecule has 0 saturated carbocycles. The normalized spacial score (nSPS) is 14.7. The number of rotatable bonds is 3. The average molecular weight is 289 g/mol. The second-order valence-electron chi connectivity index (χ2n) is 3.51. The Labute approximate surface area is 95.9 Å². The monoisotopic (exact) mass is 289 g/mol. The standard InChI is InChI=1S/C9H14AsN2O2S/c1-6-4-9(7(2)11)12-5-8(6)10-15(3,13)14/h4-5,7H,11H2,1-3H3/t7-/m1/s1. The van der Waals surface area contributed by atoms with Crippen molar-refractivity contribution in [3.8, 4) is 0 Å². The Kier molecular flexibility index (Phi) is 3.92. The molecule has 0 fully saturated rings. The molecule has 0 aliphatic carbocycles. The molecule has 0 bridgehead atoms. The molecular formula is C9H14AsN2O2S. The van der Waals surface area contributed by atoms with Crippen molar-refractivity contribution < 1.29 is 8.42 Å². The first-order valence-electron chi connectivity index (χ1n) is 4.44. The number of aryl methyl sites for hydroxylation is 1. The van der Waals surface area contributed by atoms with Gasteiger partial charge in [0.2, 0.25) is 0 Å². The van der Waals surface area contributed by atoms with Crippen LogP contribution in [0.1, 0.15) is 24.2 Å². The van der Waals surface area contributed by atoms with Crippen LogP contribution in [0.2, 0.25) is 0 Å². The minimum atomic E-state index is -2.91. The molecule has 15 heavy (non-hydrogen) atoms. The predicted octanol–water partition coefficient (Wildman–Crippen LogP) is -0.301.